The van der Waals surface area contributed by atoms with E-state index in [1.54, 1.807) is 4.90 Å². The van der Waals surface area contributed by atoms with Crippen LogP contribution in [0.15, 0.2) is 48.5 Å². The van der Waals surface area contributed by atoms with Gasteiger partial charge in [-0.1, -0.05) is 36.4 Å². The average Bonchev–Trinajstić information content (AvgIpc) is 3.29. The zero-order chi connectivity index (χ0) is 17.0. The number of H-pyrrole nitrogens is 1. The number of nitrogens with zero attached hydrogens (tertiary/aromatic N) is 3. The van der Waals surface area contributed by atoms with E-state index < -0.39 is 5.41 Å². The minimum Gasteiger partial charge on any atom is -0.491 e. The van der Waals surface area contributed by atoms with Crippen LogP contribution in [0.2, 0.25) is 0 Å². The van der Waals surface area contributed by atoms with Crippen molar-refractivity contribution in [1.82, 2.24) is 15.2 Å². The molecule has 1 aromatic heterocycles. The lowest BCUT2D eigenvalue weighted by molar-refractivity contribution is -0.122. The summed E-state index contributed by atoms with van der Waals surface area (Å²) in [5.74, 6) is 2.13. The standard InChI is InChI=1S/C19H16N4O2/c1-12-20-17(22-21-12)10-23-15-8-4-2-6-13(15)19(18(23)24)11-25-16-9-5-3-7-14(16)19/h2-9H,10-11H2,1H3,(H,20,21,22). The first-order chi connectivity index (χ1) is 12.2. The van der Waals surface area contributed by atoms with Crippen LogP contribution in [0.4, 0.5) is 5.69 Å². The summed E-state index contributed by atoms with van der Waals surface area (Å²) in [5.41, 5.74) is 2.03. The first-order valence-electron chi connectivity index (χ1n) is 8.22. The van der Waals surface area contributed by atoms with Crippen LogP contribution in [0.1, 0.15) is 22.8 Å². The van der Waals surface area contributed by atoms with Crippen molar-refractivity contribution in [3.05, 3.63) is 71.3 Å². The first-order valence-corrected chi connectivity index (χ1v) is 8.22. The van der Waals surface area contributed by atoms with Crippen molar-refractivity contribution in [3.63, 3.8) is 0 Å². The highest BCUT2D eigenvalue weighted by molar-refractivity contribution is 6.11. The van der Waals surface area contributed by atoms with E-state index in [1.165, 1.54) is 0 Å². The first kappa shape index (κ1) is 14.2. The number of anilines is 1. The van der Waals surface area contributed by atoms with Crippen LogP contribution in [0.5, 0.6) is 5.75 Å². The highest BCUT2D eigenvalue weighted by Gasteiger charge is 2.56. The monoisotopic (exact) mass is 332 g/mol. The Labute approximate surface area is 144 Å². The number of aromatic amines is 1. The summed E-state index contributed by atoms with van der Waals surface area (Å²) in [6.07, 6.45) is 0. The SMILES string of the molecule is Cc1nc(CN2C(=O)C3(COc4ccccc43)c3ccccc32)n[nH]1. The lowest BCUT2D eigenvalue weighted by Crippen LogP contribution is -2.42. The van der Waals surface area contributed by atoms with Crippen molar-refractivity contribution in [2.24, 2.45) is 0 Å². The van der Waals surface area contributed by atoms with E-state index in [4.69, 9.17) is 4.74 Å². The fraction of sp³-hybridized carbons (Fsp3) is 0.211. The van der Waals surface area contributed by atoms with Gasteiger partial charge in [0.1, 0.15) is 23.6 Å². The Balaban J connectivity index is 1.67. The van der Waals surface area contributed by atoms with Gasteiger partial charge in [-0.3, -0.25) is 9.89 Å². The summed E-state index contributed by atoms with van der Waals surface area (Å²) in [7, 11) is 0. The number of benzene rings is 2. The molecular formula is C19H16N4O2. The highest BCUT2D eigenvalue weighted by atomic mass is 16.5. The molecule has 2 aromatic carbocycles. The molecule has 6 nitrogen and oxygen atoms in total. The largest absolute Gasteiger partial charge is 0.491 e. The number of amides is 1. The number of nitrogens with one attached hydrogen (secondary N) is 1. The minimum atomic E-state index is -0.779. The van der Waals surface area contributed by atoms with Crippen LogP contribution in [0, 0.1) is 6.92 Å². The van der Waals surface area contributed by atoms with E-state index in [1.807, 2.05) is 55.5 Å². The Bertz CT molecular complexity index is 996. The van der Waals surface area contributed by atoms with Crippen LogP contribution < -0.4 is 9.64 Å². The smallest absolute Gasteiger partial charge is 0.246 e. The molecule has 1 amide bonds. The normalized spacial score (nSPS) is 20.7. The van der Waals surface area contributed by atoms with E-state index in [-0.39, 0.29) is 5.91 Å². The van der Waals surface area contributed by atoms with Crippen LogP contribution in [0.25, 0.3) is 0 Å². The Morgan fingerprint density at radius 1 is 1.16 bits per heavy atom. The molecule has 1 atom stereocenters. The van der Waals surface area contributed by atoms with E-state index in [0.717, 1.165) is 28.4 Å². The zero-order valence-electron chi connectivity index (χ0n) is 13.7. The van der Waals surface area contributed by atoms with Crippen molar-refractivity contribution in [2.45, 2.75) is 18.9 Å². The molecule has 124 valence electrons. The maximum absolute atomic E-state index is 13.5. The molecule has 5 rings (SSSR count). The van der Waals surface area contributed by atoms with Gasteiger partial charge in [0.15, 0.2) is 5.82 Å². The van der Waals surface area contributed by atoms with Gasteiger partial charge in [-0.25, -0.2) is 4.98 Å². The Morgan fingerprint density at radius 2 is 1.92 bits per heavy atom. The minimum absolute atomic E-state index is 0.0149. The van der Waals surface area contributed by atoms with Crippen molar-refractivity contribution >= 4 is 11.6 Å². The summed E-state index contributed by atoms with van der Waals surface area (Å²) >= 11 is 0. The Hall–Kier alpha value is -3.15. The molecule has 3 heterocycles. The van der Waals surface area contributed by atoms with E-state index in [0.29, 0.717) is 19.0 Å². The molecule has 3 aromatic rings. The maximum Gasteiger partial charge on any atom is 0.246 e. The molecule has 0 radical (unpaired) electrons. The average molecular weight is 332 g/mol. The second kappa shape index (κ2) is 4.92. The van der Waals surface area contributed by atoms with Gasteiger partial charge in [0.25, 0.3) is 0 Å². The molecular weight excluding hydrogens is 316 g/mol. The molecule has 0 fully saturated rings. The molecule has 1 N–H and O–H groups in total. The third-order valence-electron chi connectivity index (χ3n) is 5.00. The van der Waals surface area contributed by atoms with Crippen LogP contribution in [-0.4, -0.2) is 27.7 Å². The van der Waals surface area contributed by atoms with Crippen LogP contribution >= 0.6 is 0 Å². The number of aromatic nitrogens is 3. The van der Waals surface area contributed by atoms with Gasteiger partial charge in [0, 0.05) is 11.3 Å². The van der Waals surface area contributed by atoms with E-state index in [2.05, 4.69) is 15.2 Å². The molecule has 0 aliphatic carbocycles. The van der Waals surface area contributed by atoms with Crippen molar-refractivity contribution in [2.75, 3.05) is 11.5 Å². The van der Waals surface area contributed by atoms with Gasteiger partial charge >= 0.3 is 0 Å². The number of carbonyl (C=O) groups is 1. The number of carbonyl (C=O) groups excluding carboxylic acids is 1. The van der Waals surface area contributed by atoms with Crippen LogP contribution in [-0.2, 0) is 16.8 Å². The lowest BCUT2D eigenvalue weighted by atomic mass is 9.77. The fourth-order valence-electron chi connectivity index (χ4n) is 3.89. The third-order valence-corrected chi connectivity index (χ3v) is 5.00. The topological polar surface area (TPSA) is 71.1 Å². The molecule has 1 spiro atoms. The van der Waals surface area contributed by atoms with Gasteiger partial charge in [-0.15, -0.1) is 0 Å². The second-order valence-electron chi connectivity index (χ2n) is 6.44. The number of hydrogen-bond donors (Lipinski definition) is 1. The predicted molar refractivity (Wildman–Crippen MR) is 91.5 cm³/mol. The molecule has 2 aliphatic rings. The van der Waals surface area contributed by atoms with Gasteiger partial charge in [-0.2, -0.15) is 5.10 Å². The summed E-state index contributed by atoms with van der Waals surface area (Å²) < 4.78 is 5.88. The van der Waals surface area contributed by atoms with Gasteiger partial charge < -0.3 is 9.64 Å². The fourth-order valence-corrected chi connectivity index (χ4v) is 3.89. The van der Waals surface area contributed by atoms with Gasteiger partial charge in [-0.05, 0) is 24.6 Å². The molecule has 25 heavy (non-hydrogen) atoms. The quantitative estimate of drug-likeness (QED) is 0.782. The van der Waals surface area contributed by atoms with Gasteiger partial charge in [0.05, 0.1) is 6.54 Å². The number of hydrogen-bond acceptors (Lipinski definition) is 4. The van der Waals surface area contributed by atoms with E-state index >= 15 is 0 Å². The summed E-state index contributed by atoms with van der Waals surface area (Å²) in [6, 6.07) is 15.7. The molecule has 0 bridgehead atoms. The third kappa shape index (κ3) is 1.82. The van der Waals surface area contributed by atoms with Crippen molar-refractivity contribution in [3.8, 4) is 5.75 Å². The second-order valence-corrected chi connectivity index (χ2v) is 6.44. The Kier molecular flexibility index (Phi) is 2.80. The summed E-state index contributed by atoms with van der Waals surface area (Å²) in [5, 5.41) is 7.02. The van der Waals surface area contributed by atoms with Gasteiger partial charge in [0.2, 0.25) is 5.91 Å². The number of para-hydroxylation sites is 2. The van der Waals surface area contributed by atoms with Crippen LogP contribution in [0.3, 0.4) is 0 Å². The lowest BCUT2D eigenvalue weighted by Gasteiger charge is -2.22. The van der Waals surface area contributed by atoms with E-state index in [9.17, 15) is 4.79 Å². The predicted octanol–water partition coefficient (Wildman–Crippen LogP) is 2.34. The molecule has 0 saturated carbocycles. The van der Waals surface area contributed by atoms with Crippen molar-refractivity contribution < 1.29 is 9.53 Å². The van der Waals surface area contributed by atoms with Crippen molar-refractivity contribution in [1.29, 1.82) is 0 Å². The molecule has 1 unspecified atom stereocenters. The Morgan fingerprint density at radius 3 is 2.72 bits per heavy atom. The highest BCUT2D eigenvalue weighted by Crippen LogP contribution is 2.52. The summed E-state index contributed by atoms with van der Waals surface area (Å²) in [6.45, 7) is 2.51. The number of ether oxygens (including phenoxy) is 1. The zero-order valence-corrected chi connectivity index (χ0v) is 13.7. The number of aryl methyl sites for hydroxylation is 1. The molecule has 0 saturated heterocycles. The molecule has 6 heteroatoms. The number of fused-ring (bicyclic) bond motifs is 4. The molecule has 2 aliphatic heterocycles. The summed E-state index contributed by atoms with van der Waals surface area (Å²) in [4.78, 5) is 19.7. The maximum atomic E-state index is 13.5. The number of rotatable bonds is 2.